The summed E-state index contributed by atoms with van der Waals surface area (Å²) in [4.78, 5) is 16.4. The molecule has 27 heavy (non-hydrogen) atoms. The Morgan fingerprint density at radius 2 is 1.93 bits per heavy atom. The Hall–Kier alpha value is -2.46. The van der Waals surface area contributed by atoms with Crippen molar-refractivity contribution in [3.8, 4) is 5.75 Å². The molecule has 5 heteroatoms. The molecule has 0 atom stereocenters. The molecule has 1 saturated carbocycles. The van der Waals surface area contributed by atoms with E-state index in [1.165, 1.54) is 5.69 Å². The Labute approximate surface area is 166 Å². The topological polar surface area (TPSA) is 65.1 Å². The Balaban J connectivity index is 0.00000150. The van der Waals surface area contributed by atoms with Crippen LogP contribution in [-0.2, 0) is 15.6 Å². The van der Waals surface area contributed by atoms with Crippen molar-refractivity contribution >= 4 is 34.1 Å². The summed E-state index contributed by atoms with van der Waals surface area (Å²) in [5.41, 5.74) is 3.34. The number of hydrogen-bond donors (Lipinski definition) is 3. The highest BCUT2D eigenvalue weighted by atomic mass is 35.5. The lowest BCUT2D eigenvalue weighted by Gasteiger charge is -2.16. The van der Waals surface area contributed by atoms with Crippen LogP contribution in [0, 0.1) is 0 Å². The fourth-order valence-electron chi connectivity index (χ4n) is 3.44. The van der Waals surface area contributed by atoms with Gasteiger partial charge in [0.15, 0.2) is 0 Å². The molecule has 0 unspecified atom stereocenters. The summed E-state index contributed by atoms with van der Waals surface area (Å²) in [5.74, 6) is -0.000580. The number of aromatic amines is 1. The maximum atomic E-state index is 13.0. The minimum absolute atomic E-state index is 0. The average Bonchev–Trinajstić information content (AvgIpc) is 3.29. The largest absolute Gasteiger partial charge is 0.506 e. The fraction of sp³-hybridized carbons (Fsp3) is 0.318. The number of nitrogens with one attached hydrogen (secondary N) is 2. The van der Waals surface area contributed by atoms with E-state index >= 15 is 0 Å². The van der Waals surface area contributed by atoms with Crippen LogP contribution in [0.25, 0.3) is 10.9 Å². The van der Waals surface area contributed by atoms with Gasteiger partial charge in [0.25, 0.3) is 0 Å². The van der Waals surface area contributed by atoms with Gasteiger partial charge in [0.1, 0.15) is 5.75 Å². The molecule has 1 fully saturated rings. The number of amides is 1. The van der Waals surface area contributed by atoms with E-state index in [2.05, 4.69) is 37.1 Å². The Morgan fingerprint density at radius 1 is 1.19 bits per heavy atom. The van der Waals surface area contributed by atoms with Crippen molar-refractivity contribution in [2.45, 2.75) is 44.4 Å². The number of H-pyrrole nitrogens is 1. The van der Waals surface area contributed by atoms with E-state index in [1.54, 1.807) is 18.2 Å². The van der Waals surface area contributed by atoms with Crippen LogP contribution in [-0.4, -0.2) is 16.0 Å². The molecule has 0 bridgehead atoms. The molecule has 1 heterocycles. The van der Waals surface area contributed by atoms with Crippen LogP contribution in [0.3, 0.4) is 0 Å². The van der Waals surface area contributed by atoms with Crippen molar-refractivity contribution in [2.75, 3.05) is 5.32 Å². The van der Waals surface area contributed by atoms with Crippen molar-refractivity contribution in [3.63, 3.8) is 0 Å². The molecular weight excluding hydrogens is 360 g/mol. The smallest absolute Gasteiger partial charge is 0.235 e. The molecule has 4 nitrogen and oxygen atoms in total. The second-order valence-electron chi connectivity index (χ2n) is 8.44. The highest BCUT2D eigenvalue weighted by Gasteiger charge is 2.51. The van der Waals surface area contributed by atoms with E-state index in [4.69, 9.17) is 11.6 Å². The number of carbonyl (C=O) groups is 1. The van der Waals surface area contributed by atoms with Gasteiger partial charge in [0, 0.05) is 30.6 Å². The number of benzene rings is 2. The number of phenolic OH excluding ortho intramolecular Hbond substituents is 1. The number of fused-ring (bicyclic) bond motifs is 1. The summed E-state index contributed by atoms with van der Waals surface area (Å²) in [6.45, 7) is 6.50. The molecular formula is C22H27ClN2O2. The van der Waals surface area contributed by atoms with Gasteiger partial charge in [-0.05, 0) is 54.8 Å². The number of halogens is 1. The maximum Gasteiger partial charge on any atom is 0.235 e. The van der Waals surface area contributed by atoms with Gasteiger partial charge in [0.2, 0.25) is 5.91 Å². The predicted molar refractivity (Wildman–Crippen MR) is 114 cm³/mol. The SMILES string of the molecule is CC(C)(C)c1cc2cc(NC(=O)C3(c4ccc(O)c(Cl)c4)CC3)ccc2[nH]1.[HH].[HH]. The molecule has 0 saturated heterocycles. The molecule has 1 aliphatic rings. The monoisotopic (exact) mass is 386 g/mol. The number of anilines is 1. The number of phenols is 1. The molecule has 1 amide bonds. The van der Waals surface area contributed by atoms with Crippen LogP contribution in [0.5, 0.6) is 5.75 Å². The van der Waals surface area contributed by atoms with Crippen molar-refractivity contribution in [1.82, 2.24) is 4.98 Å². The van der Waals surface area contributed by atoms with E-state index in [0.29, 0.717) is 0 Å². The first-order valence-corrected chi connectivity index (χ1v) is 9.51. The van der Waals surface area contributed by atoms with E-state index in [9.17, 15) is 9.90 Å². The standard InChI is InChI=1S/C22H23ClN2O2.2H2/c1-21(2,3)19-11-13-10-15(5-6-17(13)25-19)24-20(27)22(8-9-22)14-4-7-18(26)16(23)12-14;;/h4-7,10-12,25-26H,8-9H2,1-3H3,(H,24,27);2*1H. The summed E-state index contributed by atoms with van der Waals surface area (Å²) < 4.78 is 0. The maximum absolute atomic E-state index is 13.0. The Bertz CT molecular complexity index is 1050. The summed E-state index contributed by atoms with van der Waals surface area (Å²) >= 11 is 6.03. The van der Waals surface area contributed by atoms with Gasteiger partial charge in [-0.3, -0.25) is 4.79 Å². The Kier molecular flexibility index (Phi) is 4.00. The van der Waals surface area contributed by atoms with Crippen LogP contribution >= 0.6 is 11.6 Å². The minimum Gasteiger partial charge on any atom is -0.506 e. The second-order valence-corrected chi connectivity index (χ2v) is 8.84. The first-order chi connectivity index (χ1) is 12.7. The molecule has 1 aliphatic carbocycles. The van der Waals surface area contributed by atoms with Gasteiger partial charge in [-0.25, -0.2) is 0 Å². The zero-order chi connectivity index (χ0) is 19.4. The molecule has 3 aromatic rings. The highest BCUT2D eigenvalue weighted by molar-refractivity contribution is 6.32. The lowest BCUT2D eigenvalue weighted by Crippen LogP contribution is -2.27. The number of hydrogen-bond acceptors (Lipinski definition) is 2. The van der Waals surface area contributed by atoms with E-state index in [-0.39, 0.29) is 24.9 Å². The van der Waals surface area contributed by atoms with E-state index in [1.807, 2.05) is 18.2 Å². The third-order valence-corrected chi connectivity index (χ3v) is 5.67. The van der Waals surface area contributed by atoms with Crippen molar-refractivity contribution in [3.05, 3.63) is 58.7 Å². The van der Waals surface area contributed by atoms with Crippen molar-refractivity contribution in [1.29, 1.82) is 0 Å². The zero-order valence-corrected chi connectivity index (χ0v) is 16.4. The molecule has 1 aromatic heterocycles. The minimum atomic E-state index is -0.555. The number of carbonyl (C=O) groups excluding carboxylic acids is 1. The van der Waals surface area contributed by atoms with Gasteiger partial charge in [-0.1, -0.05) is 38.4 Å². The fourth-order valence-corrected chi connectivity index (χ4v) is 3.62. The predicted octanol–water partition coefficient (Wildman–Crippen LogP) is 5.99. The Morgan fingerprint density at radius 3 is 2.56 bits per heavy atom. The first kappa shape index (κ1) is 17.9. The van der Waals surface area contributed by atoms with Crippen molar-refractivity contribution in [2.24, 2.45) is 0 Å². The lowest BCUT2D eigenvalue weighted by molar-refractivity contribution is -0.118. The van der Waals surface area contributed by atoms with Crippen LogP contribution in [0.2, 0.25) is 5.02 Å². The molecule has 144 valence electrons. The van der Waals surface area contributed by atoms with Crippen molar-refractivity contribution < 1.29 is 12.8 Å². The van der Waals surface area contributed by atoms with Gasteiger partial charge in [-0.2, -0.15) is 0 Å². The summed E-state index contributed by atoms with van der Waals surface area (Å²) in [5, 5.41) is 14.0. The van der Waals surface area contributed by atoms with Gasteiger partial charge in [-0.15, -0.1) is 0 Å². The molecule has 3 N–H and O–H groups in total. The molecule has 2 aromatic carbocycles. The summed E-state index contributed by atoms with van der Waals surface area (Å²) in [6.07, 6.45) is 1.56. The summed E-state index contributed by atoms with van der Waals surface area (Å²) in [6, 6.07) is 13.1. The van der Waals surface area contributed by atoms with Crippen LogP contribution in [0.1, 0.15) is 47.7 Å². The van der Waals surface area contributed by atoms with Crippen LogP contribution < -0.4 is 5.32 Å². The zero-order valence-electron chi connectivity index (χ0n) is 15.7. The van der Waals surface area contributed by atoms with Gasteiger partial charge in [0.05, 0.1) is 10.4 Å². The van der Waals surface area contributed by atoms with Crippen LogP contribution in [0.15, 0.2) is 42.5 Å². The molecule has 0 aliphatic heterocycles. The molecule has 0 spiro atoms. The lowest BCUT2D eigenvalue weighted by atomic mass is 9.92. The second kappa shape index (κ2) is 6.03. The normalized spacial score (nSPS) is 15.7. The third-order valence-electron chi connectivity index (χ3n) is 5.37. The average molecular weight is 387 g/mol. The quantitative estimate of drug-likeness (QED) is 0.517. The molecule has 0 radical (unpaired) electrons. The number of aromatic nitrogens is 1. The van der Waals surface area contributed by atoms with Gasteiger partial charge >= 0.3 is 0 Å². The third kappa shape index (κ3) is 3.19. The van der Waals surface area contributed by atoms with Crippen LogP contribution in [0.4, 0.5) is 5.69 Å². The number of aromatic hydroxyl groups is 1. The molecule has 4 rings (SSSR count). The highest BCUT2D eigenvalue weighted by Crippen LogP contribution is 2.50. The first-order valence-electron chi connectivity index (χ1n) is 9.13. The summed E-state index contributed by atoms with van der Waals surface area (Å²) in [7, 11) is 0. The number of rotatable bonds is 3. The van der Waals surface area contributed by atoms with E-state index < -0.39 is 5.41 Å². The van der Waals surface area contributed by atoms with E-state index in [0.717, 1.165) is 35.0 Å². The van der Waals surface area contributed by atoms with Gasteiger partial charge < -0.3 is 15.4 Å².